The number of nitrogens with two attached hydrogens (primary N) is 1. The molecule has 0 atom stereocenters. The van der Waals surface area contributed by atoms with Crippen LogP contribution in [0.2, 0.25) is 19.1 Å². The van der Waals surface area contributed by atoms with Crippen LogP contribution in [0.25, 0.3) is 0 Å². The number of aliphatic hydroxyl groups excluding tert-OH is 1. The molecule has 0 aromatic carbocycles. The molecule has 0 heterocycles. The molecule has 0 spiro atoms. The van der Waals surface area contributed by atoms with E-state index < -0.39 is 8.07 Å². The number of hydrogen-bond acceptors (Lipinski definition) is 2. The predicted molar refractivity (Wildman–Crippen MR) is 47.7 cm³/mol. The first-order valence-corrected chi connectivity index (χ1v) is 7.35. The molecule has 3 heteroatoms. The minimum atomic E-state index is -1.05. The lowest BCUT2D eigenvalue weighted by Gasteiger charge is -2.18. The van der Waals surface area contributed by atoms with E-state index in [1.165, 1.54) is 6.04 Å². The van der Waals surface area contributed by atoms with E-state index in [0.29, 0.717) is 6.61 Å². The Kier molecular flexibility index (Phi) is 4.94. The van der Waals surface area contributed by atoms with E-state index in [1.807, 2.05) is 0 Å². The molecule has 62 valence electrons. The van der Waals surface area contributed by atoms with Crippen molar-refractivity contribution < 1.29 is 5.11 Å². The van der Waals surface area contributed by atoms with E-state index in [-0.39, 0.29) is 0 Å². The van der Waals surface area contributed by atoms with Crippen LogP contribution in [0.15, 0.2) is 0 Å². The maximum atomic E-state index is 8.52. The summed E-state index contributed by atoms with van der Waals surface area (Å²) in [5.74, 6) is 0. The standard InChI is InChI=1S/C7H19NOSi/c1-10(2,7-8)6-4-3-5-9/h9H,3-8H2,1-2H3. The maximum Gasteiger partial charge on any atom is 0.0623 e. The van der Waals surface area contributed by atoms with Crippen molar-refractivity contribution in [1.82, 2.24) is 0 Å². The van der Waals surface area contributed by atoms with E-state index in [2.05, 4.69) is 13.1 Å². The summed E-state index contributed by atoms with van der Waals surface area (Å²) in [4.78, 5) is 0. The monoisotopic (exact) mass is 161 g/mol. The Morgan fingerprint density at radius 2 is 1.90 bits per heavy atom. The molecule has 0 radical (unpaired) electrons. The van der Waals surface area contributed by atoms with Crippen molar-refractivity contribution in [2.75, 3.05) is 12.8 Å². The van der Waals surface area contributed by atoms with Gasteiger partial charge in [0.05, 0.1) is 8.07 Å². The summed E-state index contributed by atoms with van der Waals surface area (Å²) in [5.41, 5.74) is 5.59. The summed E-state index contributed by atoms with van der Waals surface area (Å²) < 4.78 is 0. The van der Waals surface area contributed by atoms with Gasteiger partial charge in [-0.15, -0.1) is 0 Å². The van der Waals surface area contributed by atoms with Gasteiger partial charge in [0.1, 0.15) is 0 Å². The van der Waals surface area contributed by atoms with Gasteiger partial charge in [-0.1, -0.05) is 25.6 Å². The average Bonchev–Trinajstić information content (AvgIpc) is 1.89. The Bertz CT molecular complexity index is 85.7. The molecule has 0 aliphatic heterocycles. The van der Waals surface area contributed by atoms with Gasteiger partial charge >= 0.3 is 0 Å². The zero-order chi connectivity index (χ0) is 8.04. The van der Waals surface area contributed by atoms with Gasteiger partial charge < -0.3 is 10.8 Å². The third-order valence-electron chi connectivity index (χ3n) is 1.81. The molecule has 0 aliphatic carbocycles. The van der Waals surface area contributed by atoms with E-state index in [9.17, 15) is 0 Å². The van der Waals surface area contributed by atoms with Crippen LogP contribution in [0, 0.1) is 0 Å². The van der Waals surface area contributed by atoms with Crippen molar-refractivity contribution in [3.05, 3.63) is 0 Å². The van der Waals surface area contributed by atoms with Crippen LogP contribution in [0.5, 0.6) is 0 Å². The number of hydrogen-bond donors (Lipinski definition) is 2. The summed E-state index contributed by atoms with van der Waals surface area (Å²) >= 11 is 0. The average molecular weight is 161 g/mol. The third kappa shape index (κ3) is 4.96. The molecule has 0 fully saturated rings. The highest BCUT2D eigenvalue weighted by Gasteiger charge is 2.16. The number of rotatable bonds is 5. The van der Waals surface area contributed by atoms with Crippen LogP contribution in [0.3, 0.4) is 0 Å². The van der Waals surface area contributed by atoms with Gasteiger partial charge in [-0.25, -0.2) is 0 Å². The highest BCUT2D eigenvalue weighted by molar-refractivity contribution is 6.77. The second kappa shape index (κ2) is 4.88. The lowest BCUT2D eigenvalue weighted by atomic mass is 10.4. The summed E-state index contributed by atoms with van der Waals surface area (Å²) in [5, 5.41) is 8.52. The normalized spacial score (nSPS) is 12.0. The van der Waals surface area contributed by atoms with Crippen molar-refractivity contribution in [3.8, 4) is 0 Å². The molecule has 0 bridgehead atoms. The molecule has 0 saturated carbocycles. The largest absolute Gasteiger partial charge is 0.396 e. The summed E-state index contributed by atoms with van der Waals surface area (Å²) in [6.07, 6.45) is 2.96. The first-order valence-electron chi connectivity index (χ1n) is 3.93. The highest BCUT2D eigenvalue weighted by Crippen LogP contribution is 2.11. The molecule has 10 heavy (non-hydrogen) atoms. The zero-order valence-corrected chi connectivity index (χ0v) is 8.06. The molecule has 0 aliphatic rings. The smallest absolute Gasteiger partial charge is 0.0623 e. The predicted octanol–water partition coefficient (Wildman–Crippen LogP) is 0.965. The molecule has 0 amide bonds. The second-order valence-corrected chi connectivity index (χ2v) is 8.79. The molecular formula is C7H19NOSi. The summed E-state index contributed by atoms with van der Waals surface area (Å²) in [6, 6.07) is 1.25. The maximum absolute atomic E-state index is 8.52. The van der Waals surface area contributed by atoms with E-state index in [0.717, 1.165) is 19.0 Å². The first-order chi connectivity index (χ1) is 4.62. The highest BCUT2D eigenvalue weighted by atomic mass is 28.3. The molecule has 0 saturated heterocycles. The van der Waals surface area contributed by atoms with Crippen LogP contribution in [-0.4, -0.2) is 26.0 Å². The molecule has 3 N–H and O–H groups in total. The zero-order valence-electron chi connectivity index (χ0n) is 7.06. The topological polar surface area (TPSA) is 46.2 Å². The molecule has 0 rings (SSSR count). The van der Waals surface area contributed by atoms with Gasteiger partial charge in [-0.2, -0.15) is 0 Å². The van der Waals surface area contributed by atoms with Gasteiger partial charge in [0.2, 0.25) is 0 Å². The van der Waals surface area contributed by atoms with Crippen LogP contribution < -0.4 is 5.73 Å². The lowest BCUT2D eigenvalue weighted by molar-refractivity contribution is 0.287. The molecule has 0 aromatic rings. The Morgan fingerprint density at radius 1 is 1.30 bits per heavy atom. The third-order valence-corrected chi connectivity index (χ3v) is 4.63. The van der Waals surface area contributed by atoms with Crippen molar-refractivity contribution in [2.45, 2.75) is 32.0 Å². The fourth-order valence-electron chi connectivity index (χ4n) is 0.817. The van der Waals surface area contributed by atoms with E-state index in [4.69, 9.17) is 10.8 Å². The van der Waals surface area contributed by atoms with Crippen LogP contribution in [-0.2, 0) is 0 Å². The van der Waals surface area contributed by atoms with Crippen molar-refractivity contribution in [3.63, 3.8) is 0 Å². The van der Waals surface area contributed by atoms with Gasteiger partial charge in [0.25, 0.3) is 0 Å². The van der Waals surface area contributed by atoms with Crippen LogP contribution in [0.1, 0.15) is 12.8 Å². The first kappa shape index (κ1) is 10.1. The van der Waals surface area contributed by atoms with Gasteiger partial charge in [0, 0.05) is 6.61 Å². The Morgan fingerprint density at radius 3 is 2.30 bits per heavy atom. The Labute approximate surface area is 64.4 Å². The van der Waals surface area contributed by atoms with Crippen molar-refractivity contribution in [2.24, 2.45) is 5.73 Å². The molecule has 0 aromatic heterocycles. The van der Waals surface area contributed by atoms with Gasteiger partial charge in [-0.3, -0.25) is 0 Å². The quantitative estimate of drug-likeness (QED) is 0.466. The van der Waals surface area contributed by atoms with Crippen molar-refractivity contribution >= 4 is 8.07 Å². The van der Waals surface area contributed by atoms with E-state index >= 15 is 0 Å². The summed E-state index contributed by atoms with van der Waals surface area (Å²) in [7, 11) is -1.05. The Hall–Kier alpha value is 0.137. The van der Waals surface area contributed by atoms with Crippen LogP contribution in [0.4, 0.5) is 0 Å². The van der Waals surface area contributed by atoms with Gasteiger partial charge in [-0.05, 0) is 12.6 Å². The fourth-order valence-corrected chi connectivity index (χ4v) is 2.23. The number of aliphatic hydroxyl groups is 1. The van der Waals surface area contributed by atoms with Gasteiger partial charge in [0.15, 0.2) is 0 Å². The molecular weight excluding hydrogens is 142 g/mol. The number of unbranched alkanes of at least 4 members (excludes halogenated alkanes) is 1. The minimum Gasteiger partial charge on any atom is -0.396 e. The van der Waals surface area contributed by atoms with Crippen molar-refractivity contribution in [1.29, 1.82) is 0 Å². The fraction of sp³-hybridized carbons (Fsp3) is 1.00. The SMILES string of the molecule is C[Si](C)(CN)CCCCO. The summed E-state index contributed by atoms with van der Waals surface area (Å²) in [6.45, 7) is 4.92. The lowest BCUT2D eigenvalue weighted by Crippen LogP contribution is -2.35. The Balaban J connectivity index is 3.28. The minimum absolute atomic E-state index is 0.328. The molecule has 2 nitrogen and oxygen atoms in total. The molecule has 0 unspecified atom stereocenters. The van der Waals surface area contributed by atoms with Crippen LogP contribution >= 0.6 is 0 Å². The van der Waals surface area contributed by atoms with E-state index in [1.54, 1.807) is 0 Å². The second-order valence-electron chi connectivity index (χ2n) is 3.55.